The van der Waals surface area contributed by atoms with Crippen LogP contribution in [0.1, 0.15) is 82.4 Å². The molecule has 0 heterocycles. The van der Waals surface area contributed by atoms with E-state index in [0.29, 0.717) is 5.92 Å². The van der Waals surface area contributed by atoms with Crippen LogP contribution in [0.5, 0.6) is 5.75 Å². The van der Waals surface area contributed by atoms with Crippen LogP contribution in [0.2, 0.25) is 0 Å². The molecule has 0 bridgehead atoms. The minimum Gasteiger partial charge on any atom is -0.496 e. The molecule has 118 valence electrons. The smallest absolute Gasteiger partial charge is 0.125 e. The number of hydrogen-bond donors (Lipinski definition) is 0. The second-order valence-electron chi connectivity index (χ2n) is 7.57. The number of benzene rings is 1. The fourth-order valence-corrected chi connectivity index (χ4v) is 4.18. The topological polar surface area (TPSA) is 9.23 Å². The highest BCUT2D eigenvalue weighted by molar-refractivity contribution is 5.49. The molecule has 1 nitrogen and oxygen atoms in total. The predicted molar refractivity (Wildman–Crippen MR) is 91.4 cm³/mol. The van der Waals surface area contributed by atoms with Crippen LogP contribution in [0.4, 0.5) is 0 Å². The highest BCUT2D eigenvalue weighted by Crippen LogP contribution is 2.44. The summed E-state index contributed by atoms with van der Waals surface area (Å²) in [7, 11) is 1.81. The SMILES string of the molecule is COc1c(C(C)C)ccc(C(C)(C)C2CCCCC2)c1C. The molecule has 1 fully saturated rings. The summed E-state index contributed by atoms with van der Waals surface area (Å²) in [6.07, 6.45) is 6.96. The van der Waals surface area contributed by atoms with Crippen LogP contribution in [0.25, 0.3) is 0 Å². The molecule has 0 saturated heterocycles. The lowest BCUT2D eigenvalue weighted by molar-refractivity contribution is 0.234. The Labute approximate surface area is 131 Å². The van der Waals surface area contributed by atoms with Crippen molar-refractivity contribution in [1.82, 2.24) is 0 Å². The minimum absolute atomic E-state index is 0.243. The van der Waals surface area contributed by atoms with Crippen LogP contribution in [0.15, 0.2) is 12.1 Å². The molecule has 0 amide bonds. The maximum absolute atomic E-state index is 5.76. The van der Waals surface area contributed by atoms with E-state index >= 15 is 0 Å². The Morgan fingerprint density at radius 3 is 2.24 bits per heavy atom. The first kappa shape index (κ1) is 16.4. The van der Waals surface area contributed by atoms with E-state index in [-0.39, 0.29) is 5.41 Å². The fourth-order valence-electron chi connectivity index (χ4n) is 4.18. The summed E-state index contributed by atoms with van der Waals surface area (Å²) < 4.78 is 5.76. The van der Waals surface area contributed by atoms with E-state index in [1.54, 1.807) is 0 Å². The van der Waals surface area contributed by atoms with Crippen molar-refractivity contribution in [2.75, 3.05) is 7.11 Å². The van der Waals surface area contributed by atoms with Gasteiger partial charge >= 0.3 is 0 Å². The number of methoxy groups -OCH3 is 1. The quantitative estimate of drug-likeness (QED) is 0.661. The lowest BCUT2D eigenvalue weighted by Gasteiger charge is -2.39. The average molecular weight is 288 g/mol. The van der Waals surface area contributed by atoms with Crippen molar-refractivity contribution < 1.29 is 4.74 Å². The number of ether oxygens (including phenoxy) is 1. The van der Waals surface area contributed by atoms with Gasteiger partial charge in [0.1, 0.15) is 5.75 Å². The molecule has 1 aromatic rings. The van der Waals surface area contributed by atoms with Crippen molar-refractivity contribution in [2.24, 2.45) is 5.92 Å². The van der Waals surface area contributed by atoms with E-state index in [9.17, 15) is 0 Å². The fraction of sp³-hybridized carbons (Fsp3) is 0.700. The Kier molecular flexibility index (Phi) is 5.01. The zero-order valence-corrected chi connectivity index (χ0v) is 14.8. The standard InChI is InChI=1S/C20H32O/c1-14(2)17-12-13-18(15(3)19(17)21-6)20(4,5)16-10-8-7-9-11-16/h12-14,16H,7-11H2,1-6H3. The maximum Gasteiger partial charge on any atom is 0.125 e. The van der Waals surface area contributed by atoms with Gasteiger partial charge in [-0.2, -0.15) is 0 Å². The largest absolute Gasteiger partial charge is 0.496 e. The third kappa shape index (κ3) is 3.12. The zero-order valence-electron chi connectivity index (χ0n) is 14.8. The van der Waals surface area contributed by atoms with Crippen LogP contribution >= 0.6 is 0 Å². The zero-order chi connectivity index (χ0) is 15.6. The van der Waals surface area contributed by atoms with Gasteiger partial charge in [-0.15, -0.1) is 0 Å². The van der Waals surface area contributed by atoms with Crippen LogP contribution in [-0.2, 0) is 5.41 Å². The van der Waals surface area contributed by atoms with Gasteiger partial charge in [0.25, 0.3) is 0 Å². The van der Waals surface area contributed by atoms with Crippen molar-refractivity contribution in [3.63, 3.8) is 0 Å². The third-order valence-electron chi connectivity index (χ3n) is 5.58. The van der Waals surface area contributed by atoms with Gasteiger partial charge in [-0.05, 0) is 53.7 Å². The monoisotopic (exact) mass is 288 g/mol. The van der Waals surface area contributed by atoms with Crippen molar-refractivity contribution in [3.05, 3.63) is 28.8 Å². The highest BCUT2D eigenvalue weighted by atomic mass is 16.5. The van der Waals surface area contributed by atoms with Crippen LogP contribution < -0.4 is 4.74 Å². The van der Waals surface area contributed by atoms with Gasteiger partial charge in [-0.1, -0.05) is 59.1 Å². The first-order chi connectivity index (χ1) is 9.89. The first-order valence-corrected chi connectivity index (χ1v) is 8.57. The lowest BCUT2D eigenvalue weighted by Crippen LogP contribution is -2.31. The summed E-state index contributed by atoms with van der Waals surface area (Å²) in [5.41, 5.74) is 4.40. The van der Waals surface area contributed by atoms with Gasteiger partial charge in [-0.25, -0.2) is 0 Å². The molecule has 0 spiro atoms. The van der Waals surface area contributed by atoms with Gasteiger partial charge in [-0.3, -0.25) is 0 Å². The van der Waals surface area contributed by atoms with Crippen molar-refractivity contribution in [2.45, 2.75) is 78.1 Å². The van der Waals surface area contributed by atoms with Crippen LogP contribution in [-0.4, -0.2) is 7.11 Å². The molecule has 0 atom stereocenters. The molecule has 21 heavy (non-hydrogen) atoms. The second kappa shape index (κ2) is 6.42. The summed E-state index contributed by atoms with van der Waals surface area (Å²) in [4.78, 5) is 0. The molecule has 0 aliphatic heterocycles. The summed E-state index contributed by atoms with van der Waals surface area (Å²) in [6, 6.07) is 4.65. The molecule has 0 aromatic heterocycles. The minimum atomic E-state index is 0.243. The van der Waals surface area contributed by atoms with Gasteiger partial charge < -0.3 is 4.74 Å². The first-order valence-electron chi connectivity index (χ1n) is 8.57. The molecule has 0 radical (unpaired) electrons. The summed E-state index contributed by atoms with van der Waals surface area (Å²) in [5.74, 6) is 2.41. The Balaban J connectivity index is 2.43. The molecule has 1 saturated carbocycles. The van der Waals surface area contributed by atoms with Gasteiger partial charge in [0.15, 0.2) is 0 Å². The molecular weight excluding hydrogens is 256 g/mol. The Hall–Kier alpha value is -0.980. The Bertz CT molecular complexity index is 479. The Morgan fingerprint density at radius 2 is 1.71 bits per heavy atom. The molecule has 1 heteroatoms. The summed E-state index contributed by atoms with van der Waals surface area (Å²) in [6.45, 7) is 11.6. The van der Waals surface area contributed by atoms with Crippen molar-refractivity contribution in [1.29, 1.82) is 0 Å². The molecule has 1 aromatic carbocycles. The maximum atomic E-state index is 5.76. The summed E-state index contributed by atoms with van der Waals surface area (Å²) in [5, 5.41) is 0. The van der Waals surface area contributed by atoms with Crippen molar-refractivity contribution in [3.8, 4) is 5.75 Å². The normalized spacial score (nSPS) is 17.3. The van der Waals surface area contributed by atoms with E-state index in [0.717, 1.165) is 11.7 Å². The van der Waals surface area contributed by atoms with E-state index in [4.69, 9.17) is 4.74 Å². The number of hydrogen-bond acceptors (Lipinski definition) is 1. The van der Waals surface area contributed by atoms with E-state index in [1.165, 1.54) is 48.8 Å². The van der Waals surface area contributed by atoms with E-state index in [1.807, 2.05) is 7.11 Å². The highest BCUT2D eigenvalue weighted by Gasteiger charge is 2.34. The number of rotatable bonds is 4. The van der Waals surface area contributed by atoms with Crippen LogP contribution in [0.3, 0.4) is 0 Å². The molecule has 0 unspecified atom stereocenters. The molecule has 0 N–H and O–H groups in total. The molecule has 1 aliphatic carbocycles. The second-order valence-corrected chi connectivity index (χ2v) is 7.57. The average Bonchev–Trinajstić information content (AvgIpc) is 2.47. The lowest BCUT2D eigenvalue weighted by atomic mass is 9.66. The summed E-state index contributed by atoms with van der Waals surface area (Å²) >= 11 is 0. The van der Waals surface area contributed by atoms with E-state index in [2.05, 4.69) is 46.8 Å². The molecule has 2 rings (SSSR count). The van der Waals surface area contributed by atoms with Crippen molar-refractivity contribution >= 4 is 0 Å². The Morgan fingerprint density at radius 1 is 1.10 bits per heavy atom. The van der Waals surface area contributed by atoms with Gasteiger partial charge in [0.05, 0.1) is 7.11 Å². The van der Waals surface area contributed by atoms with Gasteiger partial charge in [0.2, 0.25) is 0 Å². The van der Waals surface area contributed by atoms with Gasteiger partial charge in [0, 0.05) is 0 Å². The van der Waals surface area contributed by atoms with E-state index < -0.39 is 0 Å². The predicted octanol–water partition coefficient (Wildman–Crippen LogP) is 5.98. The molecule has 1 aliphatic rings. The molecular formula is C20H32O. The third-order valence-corrected chi connectivity index (χ3v) is 5.58. The van der Waals surface area contributed by atoms with Crippen LogP contribution in [0, 0.1) is 12.8 Å².